The van der Waals surface area contributed by atoms with E-state index < -0.39 is 42.9 Å². The lowest BCUT2D eigenvalue weighted by Crippen LogP contribution is -2.48. The van der Waals surface area contributed by atoms with E-state index in [0.29, 0.717) is 12.2 Å². The maximum atomic E-state index is 11.8. The highest BCUT2D eigenvalue weighted by Gasteiger charge is 2.32. The van der Waals surface area contributed by atoms with Crippen LogP contribution in [0, 0.1) is 0 Å². The number of carbonyl (C=O) groups excluding carboxylic acids is 1. The summed E-state index contributed by atoms with van der Waals surface area (Å²) in [6.45, 7) is 1.16. The standard InChI is InChI=1S/C13H26NO9PS3/c1-10(23-24(18,19)20)12(13(16)17)14-11(15)6-4-2-3-5-7-25-26-8-9-27(21)22/h10,12H,2-9H2,1H3,(H,14,15)(H,16,17)(H,21,22)(H2,18,19,20)/t10?,12-/m0/s1. The zero-order valence-electron chi connectivity index (χ0n) is 14.8. The summed E-state index contributed by atoms with van der Waals surface area (Å²) in [5.41, 5.74) is 0. The number of phosphoric ester groups is 1. The van der Waals surface area contributed by atoms with Crippen LogP contribution in [0.4, 0.5) is 0 Å². The molecule has 10 nitrogen and oxygen atoms in total. The van der Waals surface area contributed by atoms with Gasteiger partial charge in [0, 0.05) is 17.9 Å². The van der Waals surface area contributed by atoms with Crippen LogP contribution in [0.3, 0.4) is 0 Å². The van der Waals surface area contributed by atoms with Crippen LogP contribution in [0.1, 0.15) is 39.0 Å². The van der Waals surface area contributed by atoms with Crippen LogP contribution in [0.25, 0.3) is 0 Å². The second-order valence-corrected chi connectivity index (χ2v) is 10.5. The third-order valence-corrected chi connectivity index (χ3v) is 7.07. The minimum atomic E-state index is -4.85. The predicted molar refractivity (Wildman–Crippen MR) is 106 cm³/mol. The van der Waals surface area contributed by atoms with Crippen molar-refractivity contribution >= 4 is 52.4 Å². The van der Waals surface area contributed by atoms with E-state index in [4.69, 9.17) is 19.4 Å². The van der Waals surface area contributed by atoms with Crippen molar-refractivity contribution in [2.24, 2.45) is 0 Å². The lowest BCUT2D eigenvalue weighted by atomic mass is 10.1. The fourth-order valence-electron chi connectivity index (χ4n) is 1.93. The SMILES string of the molecule is CC(OP(=O)(O)O)[C@H](NC(=O)CCCCCCSSCCS(=O)O)C(=O)O. The zero-order chi connectivity index (χ0) is 20.9. The van der Waals surface area contributed by atoms with Crippen molar-refractivity contribution in [3.63, 3.8) is 0 Å². The normalized spacial score (nSPS) is 15.1. The largest absolute Gasteiger partial charge is 0.480 e. The number of unbranched alkanes of at least 4 members (excludes halogenated alkanes) is 3. The molecule has 0 aliphatic rings. The summed E-state index contributed by atoms with van der Waals surface area (Å²) in [5.74, 6) is -0.202. The average molecular weight is 468 g/mol. The quantitative estimate of drug-likeness (QED) is 0.0966. The number of aliphatic carboxylic acids is 1. The van der Waals surface area contributed by atoms with Gasteiger partial charge in [-0.15, -0.1) is 0 Å². The van der Waals surface area contributed by atoms with E-state index in [1.165, 1.54) is 0 Å². The monoisotopic (exact) mass is 467 g/mol. The highest BCUT2D eigenvalue weighted by atomic mass is 33.1. The van der Waals surface area contributed by atoms with Crippen LogP contribution in [-0.2, 0) is 29.8 Å². The molecule has 0 aromatic carbocycles. The van der Waals surface area contributed by atoms with Gasteiger partial charge in [-0.1, -0.05) is 34.4 Å². The first-order valence-electron chi connectivity index (χ1n) is 8.11. The third kappa shape index (κ3) is 16.5. The molecule has 0 fully saturated rings. The molecule has 0 bridgehead atoms. The highest BCUT2D eigenvalue weighted by molar-refractivity contribution is 8.76. The van der Waals surface area contributed by atoms with E-state index >= 15 is 0 Å². The lowest BCUT2D eigenvalue weighted by Gasteiger charge is -2.21. The lowest BCUT2D eigenvalue weighted by molar-refractivity contribution is -0.144. The van der Waals surface area contributed by atoms with Crippen molar-refractivity contribution in [1.29, 1.82) is 0 Å². The maximum absolute atomic E-state index is 11.8. The fourth-order valence-corrected chi connectivity index (χ4v) is 5.55. The molecule has 0 heterocycles. The zero-order valence-corrected chi connectivity index (χ0v) is 18.2. The Labute approximate surface area is 168 Å². The van der Waals surface area contributed by atoms with Gasteiger partial charge in [0.05, 0.1) is 11.9 Å². The summed E-state index contributed by atoms with van der Waals surface area (Å²) >= 11 is -1.75. The van der Waals surface area contributed by atoms with Crippen molar-refractivity contribution in [3.05, 3.63) is 0 Å². The van der Waals surface area contributed by atoms with E-state index in [-0.39, 0.29) is 12.2 Å². The molecule has 5 N–H and O–H groups in total. The summed E-state index contributed by atoms with van der Waals surface area (Å²) in [7, 11) is -1.68. The van der Waals surface area contributed by atoms with Crippen molar-refractivity contribution < 1.29 is 42.3 Å². The van der Waals surface area contributed by atoms with Gasteiger partial charge in [0.2, 0.25) is 5.91 Å². The van der Waals surface area contributed by atoms with Gasteiger partial charge < -0.3 is 24.8 Å². The first kappa shape index (κ1) is 26.9. The number of hydrogen-bond donors (Lipinski definition) is 5. The summed E-state index contributed by atoms with van der Waals surface area (Å²) in [6.07, 6.45) is 1.90. The molecule has 0 rings (SSSR count). The molecular formula is C13H26NO9PS3. The van der Waals surface area contributed by atoms with Crippen LogP contribution in [-0.4, -0.2) is 64.9 Å². The molecule has 27 heavy (non-hydrogen) atoms. The van der Waals surface area contributed by atoms with Gasteiger partial charge in [0.25, 0.3) is 0 Å². The summed E-state index contributed by atoms with van der Waals surface area (Å²) < 4.78 is 34.1. The molecule has 3 atom stereocenters. The number of rotatable bonds is 16. The Kier molecular flexibility index (Phi) is 14.7. The van der Waals surface area contributed by atoms with Crippen molar-refractivity contribution in [3.8, 4) is 0 Å². The number of phosphoric acid groups is 1. The van der Waals surface area contributed by atoms with Crippen LogP contribution in [0.2, 0.25) is 0 Å². The van der Waals surface area contributed by atoms with Gasteiger partial charge in [-0.2, -0.15) is 0 Å². The first-order chi connectivity index (χ1) is 12.5. The van der Waals surface area contributed by atoms with Crippen LogP contribution < -0.4 is 5.32 Å². The Hall–Kier alpha value is -0.140. The summed E-state index contributed by atoms with van der Waals surface area (Å²) in [6, 6.07) is -1.55. The number of hydrogen-bond acceptors (Lipinski definition) is 7. The number of carboxylic acids is 1. The molecule has 0 spiro atoms. The van der Waals surface area contributed by atoms with E-state index in [0.717, 1.165) is 31.9 Å². The fraction of sp³-hybridized carbons (Fsp3) is 0.846. The molecule has 0 aromatic rings. The molecule has 1 amide bonds. The molecule has 0 aliphatic heterocycles. The molecule has 0 aromatic heterocycles. The second kappa shape index (κ2) is 14.8. The smallest absolute Gasteiger partial charge is 0.469 e. The van der Waals surface area contributed by atoms with Crippen molar-refractivity contribution in [1.82, 2.24) is 5.32 Å². The van der Waals surface area contributed by atoms with Gasteiger partial charge in [-0.05, 0) is 19.8 Å². The third-order valence-electron chi connectivity index (χ3n) is 3.16. The minimum Gasteiger partial charge on any atom is -0.480 e. The number of carboxylic acid groups (broad SMARTS) is 1. The molecule has 0 saturated heterocycles. The molecular weight excluding hydrogens is 441 g/mol. The molecule has 2 unspecified atom stereocenters. The highest BCUT2D eigenvalue weighted by Crippen LogP contribution is 2.38. The van der Waals surface area contributed by atoms with E-state index in [1.807, 2.05) is 0 Å². The first-order valence-corrected chi connectivity index (χ1v) is 13.4. The molecule has 0 radical (unpaired) electrons. The van der Waals surface area contributed by atoms with E-state index in [2.05, 4.69) is 9.84 Å². The average Bonchev–Trinajstić information content (AvgIpc) is 2.52. The number of amides is 1. The maximum Gasteiger partial charge on any atom is 0.469 e. The summed E-state index contributed by atoms with van der Waals surface area (Å²) in [5, 5.41) is 11.3. The van der Waals surface area contributed by atoms with Crippen LogP contribution >= 0.6 is 29.4 Å². The second-order valence-electron chi connectivity index (χ2n) is 5.52. The van der Waals surface area contributed by atoms with Gasteiger partial charge in [0.1, 0.15) is 0 Å². The molecule has 160 valence electrons. The molecule has 0 aliphatic carbocycles. The molecule has 0 saturated carbocycles. The van der Waals surface area contributed by atoms with E-state index in [1.54, 1.807) is 21.6 Å². The van der Waals surface area contributed by atoms with Crippen molar-refractivity contribution in [2.45, 2.75) is 51.2 Å². The Morgan fingerprint density at radius 2 is 1.74 bits per heavy atom. The minimum absolute atomic E-state index is 0.108. The molecule has 14 heteroatoms. The Balaban J connectivity index is 3.89. The predicted octanol–water partition coefficient (Wildman–Crippen LogP) is 1.61. The van der Waals surface area contributed by atoms with Gasteiger partial charge >= 0.3 is 13.8 Å². The Morgan fingerprint density at radius 1 is 1.15 bits per heavy atom. The van der Waals surface area contributed by atoms with Crippen molar-refractivity contribution in [2.75, 3.05) is 17.3 Å². The van der Waals surface area contributed by atoms with Crippen LogP contribution in [0.5, 0.6) is 0 Å². The van der Waals surface area contributed by atoms with Gasteiger partial charge in [0.15, 0.2) is 17.1 Å². The Morgan fingerprint density at radius 3 is 2.30 bits per heavy atom. The van der Waals surface area contributed by atoms with E-state index in [9.17, 15) is 18.4 Å². The summed E-state index contributed by atoms with van der Waals surface area (Å²) in [4.78, 5) is 40.4. The Bertz CT molecular complexity index is 531. The topological polar surface area (TPSA) is 170 Å². The van der Waals surface area contributed by atoms with Gasteiger partial charge in [-0.3, -0.25) is 9.32 Å². The van der Waals surface area contributed by atoms with Crippen LogP contribution in [0.15, 0.2) is 0 Å². The van der Waals surface area contributed by atoms with Gasteiger partial charge in [-0.25, -0.2) is 13.6 Å². The number of carbonyl (C=O) groups is 2. The number of nitrogens with one attached hydrogen (secondary N) is 1.